The largest absolute Gasteiger partial charge is 0.545 e. The number of hydrogen-bond acceptors (Lipinski definition) is 7. The fourth-order valence-electron chi connectivity index (χ4n) is 4.46. The number of nitrogens with zero attached hydrogens (tertiary/aromatic N) is 2. The second kappa shape index (κ2) is 8.42. The smallest absolute Gasteiger partial charge is 0.335 e. The van der Waals surface area contributed by atoms with Crippen molar-refractivity contribution in [1.29, 1.82) is 0 Å². The molecule has 2 aliphatic heterocycles. The molecule has 0 bridgehead atoms. The number of urea groups is 1. The Morgan fingerprint density at radius 3 is 2.53 bits per heavy atom. The molecule has 5 rings (SSSR count). The predicted molar refractivity (Wildman–Crippen MR) is 126 cm³/mol. The maximum Gasteiger partial charge on any atom is 0.335 e. The van der Waals surface area contributed by atoms with E-state index in [0.29, 0.717) is 34.0 Å². The van der Waals surface area contributed by atoms with Crippen molar-refractivity contribution in [3.63, 3.8) is 0 Å². The number of aromatic nitrogens is 1. The van der Waals surface area contributed by atoms with E-state index in [9.17, 15) is 24.3 Å². The first-order valence-electron chi connectivity index (χ1n) is 11.0. The lowest BCUT2D eigenvalue weighted by atomic mass is 10.1. The summed E-state index contributed by atoms with van der Waals surface area (Å²) in [6, 6.07) is 10.4. The Balaban J connectivity index is 1.56. The molecule has 10 nitrogen and oxygen atoms in total. The second-order valence-electron chi connectivity index (χ2n) is 8.39. The minimum Gasteiger partial charge on any atom is -0.545 e. The second-order valence-corrected chi connectivity index (χ2v) is 8.39. The van der Waals surface area contributed by atoms with Gasteiger partial charge in [-0.3, -0.25) is 14.9 Å². The van der Waals surface area contributed by atoms with Gasteiger partial charge in [0.05, 0.1) is 11.7 Å². The molecule has 1 saturated heterocycles. The first-order chi connectivity index (χ1) is 17.2. The number of rotatable bonds is 4. The molecule has 1 fully saturated rings. The molecule has 0 unspecified atom stereocenters. The number of anilines is 1. The van der Waals surface area contributed by atoms with E-state index < -0.39 is 23.8 Å². The number of carbonyl (C=O) groups is 4. The van der Waals surface area contributed by atoms with Crippen LogP contribution in [-0.4, -0.2) is 35.2 Å². The van der Waals surface area contributed by atoms with Crippen molar-refractivity contribution < 1.29 is 33.8 Å². The Labute approximate surface area is 205 Å². The third kappa shape index (κ3) is 3.59. The van der Waals surface area contributed by atoms with Gasteiger partial charge in [0.15, 0.2) is 11.5 Å². The molecule has 1 aromatic heterocycles. The highest BCUT2D eigenvalue weighted by molar-refractivity contribution is 6.39. The van der Waals surface area contributed by atoms with E-state index in [4.69, 9.17) is 9.47 Å². The number of aromatic carboxylic acids is 1. The van der Waals surface area contributed by atoms with E-state index in [1.165, 1.54) is 24.3 Å². The zero-order valence-corrected chi connectivity index (χ0v) is 19.6. The SMILES string of the molecule is Cc1c(C(=O)[O-])cccc1-n1c(C)cc(/C=C2\C(=O)NC(=O)N(c3ccc4c(c3)OCO4)C2=O)c1C. The number of carboxylic acids is 1. The molecule has 4 amide bonds. The Bertz CT molecular complexity index is 1520. The van der Waals surface area contributed by atoms with E-state index >= 15 is 0 Å². The number of ether oxygens (including phenoxy) is 2. The fraction of sp³-hybridized carbons (Fsp3) is 0.154. The van der Waals surface area contributed by atoms with Gasteiger partial charge in [0.1, 0.15) is 5.57 Å². The summed E-state index contributed by atoms with van der Waals surface area (Å²) in [5.41, 5.74) is 3.20. The molecule has 36 heavy (non-hydrogen) atoms. The maximum atomic E-state index is 13.3. The van der Waals surface area contributed by atoms with Gasteiger partial charge in [-0.25, -0.2) is 9.69 Å². The first-order valence-corrected chi connectivity index (χ1v) is 11.0. The Morgan fingerprint density at radius 1 is 1.03 bits per heavy atom. The number of benzene rings is 2. The van der Waals surface area contributed by atoms with Crippen molar-refractivity contribution >= 4 is 35.6 Å². The van der Waals surface area contributed by atoms with Gasteiger partial charge >= 0.3 is 6.03 Å². The number of barbiturate groups is 1. The van der Waals surface area contributed by atoms with Gasteiger partial charge in [0.25, 0.3) is 11.8 Å². The van der Waals surface area contributed by atoms with E-state index in [1.807, 2.05) is 11.5 Å². The molecule has 0 aliphatic carbocycles. The minimum atomic E-state index is -1.28. The van der Waals surface area contributed by atoms with E-state index in [-0.39, 0.29) is 23.6 Å². The number of carbonyl (C=O) groups excluding carboxylic acids is 4. The monoisotopic (exact) mass is 486 g/mol. The molecule has 2 aliphatic rings. The molecule has 0 atom stereocenters. The number of fused-ring (bicyclic) bond motifs is 1. The van der Waals surface area contributed by atoms with Crippen LogP contribution in [0, 0.1) is 20.8 Å². The molecule has 10 heteroatoms. The average molecular weight is 486 g/mol. The quantitative estimate of drug-likeness (QED) is 0.442. The van der Waals surface area contributed by atoms with Crippen molar-refractivity contribution in [1.82, 2.24) is 9.88 Å². The lowest BCUT2D eigenvalue weighted by Gasteiger charge is -2.26. The average Bonchev–Trinajstić information content (AvgIpc) is 3.40. The van der Waals surface area contributed by atoms with Crippen molar-refractivity contribution in [3.8, 4) is 17.2 Å². The summed E-state index contributed by atoms with van der Waals surface area (Å²) in [6.45, 7) is 5.33. The number of imide groups is 2. The zero-order valence-electron chi connectivity index (χ0n) is 19.6. The molecule has 0 saturated carbocycles. The summed E-state index contributed by atoms with van der Waals surface area (Å²) in [7, 11) is 0. The molecule has 3 aromatic rings. The summed E-state index contributed by atoms with van der Waals surface area (Å²) in [4.78, 5) is 50.9. The molecule has 0 spiro atoms. The van der Waals surface area contributed by atoms with Crippen LogP contribution in [0.15, 0.2) is 48.0 Å². The number of amides is 4. The molecule has 0 radical (unpaired) electrons. The van der Waals surface area contributed by atoms with Crippen LogP contribution in [0.1, 0.15) is 32.9 Å². The normalized spacial score (nSPS) is 16.0. The molecule has 3 heterocycles. The lowest BCUT2D eigenvalue weighted by Crippen LogP contribution is -2.54. The van der Waals surface area contributed by atoms with Crippen LogP contribution in [0.4, 0.5) is 10.5 Å². The van der Waals surface area contributed by atoms with Crippen LogP contribution in [0.2, 0.25) is 0 Å². The summed E-state index contributed by atoms with van der Waals surface area (Å²) < 4.78 is 12.4. The highest BCUT2D eigenvalue weighted by Gasteiger charge is 2.37. The van der Waals surface area contributed by atoms with Crippen LogP contribution < -0.4 is 24.8 Å². The zero-order chi connectivity index (χ0) is 25.7. The molecule has 1 N–H and O–H groups in total. The molecular weight excluding hydrogens is 466 g/mol. The molecule has 2 aromatic carbocycles. The fourth-order valence-corrected chi connectivity index (χ4v) is 4.46. The Hall–Kier alpha value is -4.86. The van der Waals surface area contributed by atoms with Crippen LogP contribution >= 0.6 is 0 Å². The Kier molecular flexibility index (Phi) is 5.36. The molecule has 182 valence electrons. The summed E-state index contributed by atoms with van der Waals surface area (Å²) in [5.74, 6) is -2.02. The van der Waals surface area contributed by atoms with Gasteiger partial charge in [-0.2, -0.15) is 0 Å². The van der Waals surface area contributed by atoms with Crippen molar-refractivity contribution in [2.24, 2.45) is 0 Å². The van der Waals surface area contributed by atoms with E-state index in [0.717, 1.165) is 10.6 Å². The third-order valence-corrected chi connectivity index (χ3v) is 6.25. The van der Waals surface area contributed by atoms with Gasteiger partial charge in [0, 0.05) is 28.7 Å². The third-order valence-electron chi connectivity index (χ3n) is 6.25. The number of carboxylic acid groups (broad SMARTS) is 1. The summed E-state index contributed by atoms with van der Waals surface area (Å²) >= 11 is 0. The maximum absolute atomic E-state index is 13.3. The van der Waals surface area contributed by atoms with Crippen LogP contribution in [0.3, 0.4) is 0 Å². The highest BCUT2D eigenvalue weighted by Crippen LogP contribution is 2.36. The van der Waals surface area contributed by atoms with Gasteiger partial charge in [-0.1, -0.05) is 12.1 Å². The number of hydrogen-bond donors (Lipinski definition) is 1. The molecular formula is C26H20N3O7-. The summed E-state index contributed by atoms with van der Waals surface area (Å²) in [6.07, 6.45) is 1.42. The van der Waals surface area contributed by atoms with E-state index in [2.05, 4.69) is 5.32 Å². The Morgan fingerprint density at radius 2 is 1.78 bits per heavy atom. The summed E-state index contributed by atoms with van der Waals surface area (Å²) in [5, 5.41) is 13.7. The standard InChI is InChI=1S/C26H21N3O7/c1-13-9-16(15(3)28(13)20-6-4-5-18(14(20)2)25(32)33)10-19-23(30)27-26(34)29(24(19)31)17-7-8-21-22(11-17)36-12-35-21/h4-11H,12H2,1-3H3,(H,32,33)(H,27,30,34)/p-1/b19-10+. The van der Waals surface area contributed by atoms with Gasteiger partial charge in [0.2, 0.25) is 6.79 Å². The van der Waals surface area contributed by atoms with Crippen molar-refractivity contribution in [2.45, 2.75) is 20.8 Å². The van der Waals surface area contributed by atoms with Gasteiger partial charge in [-0.15, -0.1) is 0 Å². The first kappa shape index (κ1) is 22.9. The van der Waals surface area contributed by atoms with Crippen LogP contribution in [-0.2, 0) is 9.59 Å². The number of nitrogens with one attached hydrogen (secondary N) is 1. The topological polar surface area (TPSA) is 130 Å². The van der Waals surface area contributed by atoms with Gasteiger partial charge in [-0.05, 0) is 62.2 Å². The van der Waals surface area contributed by atoms with Crippen molar-refractivity contribution in [2.75, 3.05) is 11.7 Å². The lowest BCUT2D eigenvalue weighted by molar-refractivity contribution is -0.255. The van der Waals surface area contributed by atoms with Crippen molar-refractivity contribution in [3.05, 3.63) is 76.1 Å². The number of aryl methyl sites for hydroxylation is 1. The van der Waals surface area contributed by atoms with Crippen LogP contribution in [0.25, 0.3) is 11.8 Å². The van der Waals surface area contributed by atoms with E-state index in [1.54, 1.807) is 38.1 Å². The van der Waals surface area contributed by atoms with Crippen LogP contribution in [0.5, 0.6) is 11.5 Å². The van der Waals surface area contributed by atoms with Gasteiger partial charge < -0.3 is 23.9 Å². The minimum absolute atomic E-state index is 0.0313. The predicted octanol–water partition coefficient (Wildman–Crippen LogP) is 2.16. The highest BCUT2D eigenvalue weighted by atomic mass is 16.7.